The molecule has 0 aliphatic carbocycles. The Bertz CT molecular complexity index is 698. The Hall–Kier alpha value is -2.82. The predicted octanol–water partition coefficient (Wildman–Crippen LogP) is 3.34. The Balaban J connectivity index is 1.86. The maximum atomic E-state index is 12.0. The molecule has 0 fully saturated rings. The summed E-state index contributed by atoms with van der Waals surface area (Å²) < 4.78 is 5.24. The molecular formula is C18H20N2O3. The van der Waals surface area contributed by atoms with Gasteiger partial charge in [-0.2, -0.15) is 0 Å². The third-order valence-corrected chi connectivity index (χ3v) is 3.33. The number of methoxy groups -OCH3 is 1. The molecule has 0 unspecified atom stereocenters. The smallest absolute Gasteiger partial charge is 0.226 e. The first-order valence-corrected chi connectivity index (χ1v) is 7.38. The monoisotopic (exact) mass is 312 g/mol. The molecule has 0 atom stereocenters. The fraction of sp³-hybridized carbons (Fsp3) is 0.222. The molecule has 23 heavy (non-hydrogen) atoms. The standard InChI is InChI=1S/C18H20N2O3/c1-13(21)14-6-5-7-15(12-14)20-18(22)10-11-19-16-8-3-4-9-17(16)23-2/h3-9,12,19H,10-11H2,1-2H3,(H,20,22). The lowest BCUT2D eigenvalue weighted by Crippen LogP contribution is -2.16. The van der Waals surface area contributed by atoms with Crippen molar-refractivity contribution in [2.45, 2.75) is 13.3 Å². The second-order valence-electron chi connectivity index (χ2n) is 5.06. The molecule has 2 rings (SSSR count). The molecule has 5 nitrogen and oxygen atoms in total. The quantitative estimate of drug-likeness (QED) is 0.770. The van der Waals surface area contributed by atoms with Gasteiger partial charge in [-0.15, -0.1) is 0 Å². The number of ether oxygens (including phenoxy) is 1. The lowest BCUT2D eigenvalue weighted by molar-refractivity contribution is -0.115. The van der Waals surface area contributed by atoms with Crippen molar-refractivity contribution in [1.82, 2.24) is 0 Å². The van der Waals surface area contributed by atoms with Crippen LogP contribution in [0.5, 0.6) is 5.75 Å². The lowest BCUT2D eigenvalue weighted by Gasteiger charge is -2.11. The summed E-state index contributed by atoms with van der Waals surface area (Å²) in [5.74, 6) is 0.592. The third kappa shape index (κ3) is 4.85. The number of carbonyl (C=O) groups excluding carboxylic acids is 2. The molecule has 120 valence electrons. The second kappa shape index (κ2) is 7.98. The van der Waals surface area contributed by atoms with Crippen molar-refractivity contribution < 1.29 is 14.3 Å². The third-order valence-electron chi connectivity index (χ3n) is 3.33. The molecule has 0 spiro atoms. The number of benzene rings is 2. The van der Waals surface area contributed by atoms with Gasteiger partial charge in [0.1, 0.15) is 5.75 Å². The molecule has 0 radical (unpaired) electrons. The molecule has 0 aliphatic rings. The number of carbonyl (C=O) groups is 2. The van der Waals surface area contributed by atoms with Gasteiger partial charge in [-0.25, -0.2) is 0 Å². The van der Waals surface area contributed by atoms with Gasteiger partial charge in [0.2, 0.25) is 5.91 Å². The van der Waals surface area contributed by atoms with Crippen LogP contribution < -0.4 is 15.4 Å². The first-order valence-electron chi connectivity index (χ1n) is 7.38. The molecule has 5 heteroatoms. The maximum absolute atomic E-state index is 12.0. The molecule has 0 saturated carbocycles. The van der Waals surface area contributed by atoms with Gasteiger partial charge in [0.25, 0.3) is 0 Å². The summed E-state index contributed by atoms with van der Waals surface area (Å²) in [5.41, 5.74) is 2.05. The van der Waals surface area contributed by atoms with Gasteiger partial charge >= 0.3 is 0 Å². The molecular weight excluding hydrogens is 292 g/mol. The number of Topliss-reactive ketones (excluding diaryl/α,β-unsaturated/α-hetero) is 1. The van der Waals surface area contributed by atoms with Crippen LogP contribution in [0.4, 0.5) is 11.4 Å². The van der Waals surface area contributed by atoms with Crippen molar-refractivity contribution in [3.8, 4) is 5.75 Å². The van der Waals surface area contributed by atoms with Crippen LogP contribution in [-0.4, -0.2) is 25.3 Å². The van der Waals surface area contributed by atoms with E-state index in [0.29, 0.717) is 24.2 Å². The van der Waals surface area contributed by atoms with E-state index in [1.54, 1.807) is 31.4 Å². The van der Waals surface area contributed by atoms with Gasteiger partial charge in [0.15, 0.2) is 5.78 Å². The molecule has 0 aliphatic heterocycles. The van der Waals surface area contributed by atoms with E-state index >= 15 is 0 Å². The van der Waals surface area contributed by atoms with E-state index in [1.807, 2.05) is 24.3 Å². The maximum Gasteiger partial charge on any atom is 0.226 e. The summed E-state index contributed by atoms with van der Waals surface area (Å²) in [6.45, 7) is 1.98. The summed E-state index contributed by atoms with van der Waals surface area (Å²) >= 11 is 0. The zero-order chi connectivity index (χ0) is 16.7. The predicted molar refractivity (Wildman–Crippen MR) is 91.2 cm³/mol. The fourth-order valence-electron chi connectivity index (χ4n) is 2.14. The van der Waals surface area contributed by atoms with Crippen LogP contribution in [0.3, 0.4) is 0 Å². The average Bonchev–Trinajstić information content (AvgIpc) is 2.55. The van der Waals surface area contributed by atoms with Crippen LogP contribution in [0.2, 0.25) is 0 Å². The highest BCUT2D eigenvalue weighted by atomic mass is 16.5. The Morgan fingerprint density at radius 2 is 1.87 bits per heavy atom. The number of hydrogen-bond donors (Lipinski definition) is 2. The van der Waals surface area contributed by atoms with Crippen LogP contribution in [0.15, 0.2) is 48.5 Å². The zero-order valence-corrected chi connectivity index (χ0v) is 13.3. The number of hydrogen-bond acceptors (Lipinski definition) is 4. The number of amides is 1. The van der Waals surface area contributed by atoms with E-state index < -0.39 is 0 Å². The minimum Gasteiger partial charge on any atom is -0.495 e. The van der Waals surface area contributed by atoms with Gasteiger partial charge < -0.3 is 15.4 Å². The number of rotatable bonds is 7. The summed E-state index contributed by atoms with van der Waals surface area (Å²) in [7, 11) is 1.61. The van der Waals surface area contributed by atoms with E-state index in [9.17, 15) is 9.59 Å². The Morgan fingerprint density at radius 3 is 2.61 bits per heavy atom. The van der Waals surface area contributed by atoms with Crippen molar-refractivity contribution >= 4 is 23.1 Å². The largest absolute Gasteiger partial charge is 0.495 e. The topological polar surface area (TPSA) is 67.4 Å². The molecule has 1 amide bonds. The Kier molecular flexibility index (Phi) is 5.74. The van der Waals surface area contributed by atoms with Crippen LogP contribution >= 0.6 is 0 Å². The molecule has 0 saturated heterocycles. The van der Waals surface area contributed by atoms with E-state index in [4.69, 9.17) is 4.74 Å². The highest BCUT2D eigenvalue weighted by molar-refractivity contribution is 5.97. The molecule has 2 aromatic rings. The van der Waals surface area contributed by atoms with Crippen molar-refractivity contribution in [1.29, 1.82) is 0 Å². The number of ketones is 1. The Morgan fingerprint density at radius 1 is 1.09 bits per heavy atom. The van der Waals surface area contributed by atoms with Crippen molar-refractivity contribution in [2.24, 2.45) is 0 Å². The van der Waals surface area contributed by atoms with Crippen LogP contribution in [-0.2, 0) is 4.79 Å². The van der Waals surface area contributed by atoms with Crippen LogP contribution in [0, 0.1) is 0 Å². The minimum atomic E-state index is -0.117. The highest BCUT2D eigenvalue weighted by Crippen LogP contribution is 2.22. The van der Waals surface area contributed by atoms with Crippen LogP contribution in [0.25, 0.3) is 0 Å². The molecule has 2 N–H and O–H groups in total. The van der Waals surface area contributed by atoms with Gasteiger partial charge in [0.05, 0.1) is 12.8 Å². The first-order chi connectivity index (χ1) is 11.1. The van der Waals surface area contributed by atoms with E-state index in [2.05, 4.69) is 10.6 Å². The van der Waals surface area contributed by atoms with Crippen molar-refractivity contribution in [2.75, 3.05) is 24.3 Å². The van der Waals surface area contributed by atoms with Crippen molar-refractivity contribution in [3.63, 3.8) is 0 Å². The number of anilines is 2. The molecule has 0 bridgehead atoms. The minimum absolute atomic E-state index is 0.0288. The number of nitrogens with one attached hydrogen (secondary N) is 2. The summed E-state index contributed by atoms with van der Waals surface area (Å²) in [5, 5.41) is 5.96. The zero-order valence-electron chi connectivity index (χ0n) is 13.3. The summed E-state index contributed by atoms with van der Waals surface area (Å²) in [6.07, 6.45) is 0.308. The number of para-hydroxylation sites is 2. The van der Waals surface area contributed by atoms with Gasteiger partial charge in [-0.3, -0.25) is 9.59 Å². The SMILES string of the molecule is COc1ccccc1NCCC(=O)Nc1cccc(C(C)=O)c1. The molecule has 0 aromatic heterocycles. The average molecular weight is 312 g/mol. The Labute approximate surface area is 135 Å². The first kappa shape index (κ1) is 16.5. The summed E-state index contributed by atoms with van der Waals surface area (Å²) in [4.78, 5) is 23.3. The summed E-state index contributed by atoms with van der Waals surface area (Å²) in [6, 6.07) is 14.5. The van der Waals surface area contributed by atoms with E-state index in [0.717, 1.165) is 11.4 Å². The van der Waals surface area contributed by atoms with Gasteiger partial charge in [-0.05, 0) is 31.2 Å². The lowest BCUT2D eigenvalue weighted by atomic mass is 10.1. The van der Waals surface area contributed by atoms with E-state index in [1.165, 1.54) is 6.92 Å². The van der Waals surface area contributed by atoms with Gasteiger partial charge in [-0.1, -0.05) is 24.3 Å². The second-order valence-corrected chi connectivity index (χ2v) is 5.06. The normalized spacial score (nSPS) is 10.0. The molecule has 0 heterocycles. The van der Waals surface area contributed by atoms with Gasteiger partial charge in [0, 0.05) is 24.2 Å². The fourth-order valence-corrected chi connectivity index (χ4v) is 2.14. The highest BCUT2D eigenvalue weighted by Gasteiger charge is 2.06. The van der Waals surface area contributed by atoms with Crippen LogP contribution in [0.1, 0.15) is 23.7 Å². The van der Waals surface area contributed by atoms with Crippen molar-refractivity contribution in [3.05, 3.63) is 54.1 Å². The molecule has 2 aromatic carbocycles. The van der Waals surface area contributed by atoms with E-state index in [-0.39, 0.29) is 11.7 Å².